The van der Waals surface area contributed by atoms with Gasteiger partial charge in [-0.15, -0.1) is 0 Å². The summed E-state index contributed by atoms with van der Waals surface area (Å²) in [6.45, 7) is 2.00. The molecule has 1 N–H and O–H groups in total. The lowest BCUT2D eigenvalue weighted by Crippen LogP contribution is -2.36. The normalized spacial score (nSPS) is 19.7. The molecular weight excluding hydrogens is 494 g/mol. The van der Waals surface area contributed by atoms with Gasteiger partial charge in [-0.25, -0.2) is 0 Å². The van der Waals surface area contributed by atoms with Gasteiger partial charge in [0.1, 0.15) is 6.10 Å². The first-order valence-corrected chi connectivity index (χ1v) is 13.3. The van der Waals surface area contributed by atoms with Crippen LogP contribution in [0.1, 0.15) is 64.7 Å². The maximum atomic E-state index is 12.7. The van der Waals surface area contributed by atoms with E-state index in [1.807, 2.05) is 48.5 Å². The third-order valence-electron chi connectivity index (χ3n) is 7.47. The van der Waals surface area contributed by atoms with Crippen LogP contribution in [0, 0.1) is 0 Å². The van der Waals surface area contributed by atoms with Gasteiger partial charge >= 0.3 is 5.97 Å². The molecule has 2 aliphatic rings. The van der Waals surface area contributed by atoms with Crippen molar-refractivity contribution in [2.24, 2.45) is 4.99 Å². The van der Waals surface area contributed by atoms with Crippen molar-refractivity contribution in [1.29, 1.82) is 0 Å². The molecule has 0 radical (unpaired) electrons. The van der Waals surface area contributed by atoms with E-state index in [-0.39, 0.29) is 29.9 Å². The van der Waals surface area contributed by atoms with E-state index in [1.54, 1.807) is 26.6 Å². The molecule has 3 unspecified atom stereocenters. The van der Waals surface area contributed by atoms with Crippen molar-refractivity contribution in [3.63, 3.8) is 0 Å². The van der Waals surface area contributed by atoms with Gasteiger partial charge in [0.2, 0.25) is 0 Å². The number of aromatic nitrogens is 1. The standard InChI is InChI=1S/C31H33N3O5/c1-19(35)39-23-8-9-27-25(16-23)24-17-28(37-2)29(38-3)18-26(24)30(34-27)21-4-6-22(7-5-21)31(36)33-15-12-20-10-13-32-14-11-20/h4-7,10-11,13-14,17-18,23,25,27H,8-9,12,15-16H2,1-3H3,(H,33,36). The third-order valence-corrected chi connectivity index (χ3v) is 7.47. The Morgan fingerprint density at radius 2 is 1.69 bits per heavy atom. The van der Waals surface area contributed by atoms with E-state index >= 15 is 0 Å². The highest BCUT2D eigenvalue weighted by atomic mass is 16.5. The molecule has 3 aromatic rings. The quantitative estimate of drug-likeness (QED) is 0.434. The second-order valence-electron chi connectivity index (χ2n) is 9.93. The number of hydrogen-bond donors (Lipinski definition) is 1. The molecule has 1 aliphatic carbocycles. The molecule has 0 saturated heterocycles. The largest absolute Gasteiger partial charge is 0.493 e. The predicted octanol–water partition coefficient (Wildman–Crippen LogP) is 4.49. The molecule has 5 rings (SSSR count). The minimum Gasteiger partial charge on any atom is -0.493 e. The molecule has 0 bridgehead atoms. The summed E-state index contributed by atoms with van der Waals surface area (Å²) in [5.74, 6) is 1.01. The van der Waals surface area contributed by atoms with E-state index in [1.165, 1.54) is 6.92 Å². The summed E-state index contributed by atoms with van der Waals surface area (Å²) in [4.78, 5) is 33.6. The van der Waals surface area contributed by atoms with Gasteiger partial charge < -0.3 is 19.5 Å². The molecule has 202 valence electrons. The van der Waals surface area contributed by atoms with Crippen LogP contribution in [-0.2, 0) is 16.0 Å². The number of benzene rings is 2. The first-order chi connectivity index (χ1) is 19.0. The van der Waals surface area contributed by atoms with Crippen LogP contribution < -0.4 is 14.8 Å². The Hall–Kier alpha value is -4.20. The molecule has 8 heteroatoms. The van der Waals surface area contributed by atoms with Gasteiger partial charge in [0.25, 0.3) is 5.91 Å². The second kappa shape index (κ2) is 11.7. The van der Waals surface area contributed by atoms with E-state index < -0.39 is 0 Å². The number of esters is 1. The number of rotatable bonds is 8. The van der Waals surface area contributed by atoms with Gasteiger partial charge in [0, 0.05) is 48.5 Å². The van der Waals surface area contributed by atoms with Gasteiger partial charge in [-0.1, -0.05) is 12.1 Å². The number of hydrogen-bond acceptors (Lipinski definition) is 7. The molecule has 39 heavy (non-hydrogen) atoms. The number of carbonyl (C=O) groups excluding carboxylic acids is 2. The van der Waals surface area contributed by atoms with Gasteiger partial charge in [-0.2, -0.15) is 0 Å². The van der Waals surface area contributed by atoms with E-state index in [9.17, 15) is 9.59 Å². The summed E-state index contributed by atoms with van der Waals surface area (Å²) < 4.78 is 16.8. The molecule has 2 aromatic carbocycles. The van der Waals surface area contributed by atoms with Gasteiger partial charge in [0.05, 0.1) is 26.0 Å². The van der Waals surface area contributed by atoms with Crippen LogP contribution in [-0.4, -0.2) is 55.5 Å². The number of amides is 1. The zero-order chi connectivity index (χ0) is 27.4. The molecule has 2 heterocycles. The van der Waals surface area contributed by atoms with Gasteiger partial charge in [-0.3, -0.25) is 19.6 Å². The van der Waals surface area contributed by atoms with Crippen molar-refractivity contribution in [3.05, 3.63) is 88.7 Å². The highest BCUT2D eigenvalue weighted by molar-refractivity contribution is 6.15. The Morgan fingerprint density at radius 1 is 0.974 bits per heavy atom. The number of fused-ring (bicyclic) bond motifs is 3. The highest BCUT2D eigenvalue weighted by Gasteiger charge is 2.38. The lowest BCUT2D eigenvalue weighted by atomic mass is 9.74. The number of aliphatic imine (C=N–C) groups is 1. The molecule has 1 fully saturated rings. The molecule has 1 aromatic heterocycles. The Morgan fingerprint density at radius 3 is 2.38 bits per heavy atom. The number of ether oxygens (including phenoxy) is 3. The van der Waals surface area contributed by atoms with Crippen molar-refractivity contribution < 1.29 is 23.8 Å². The van der Waals surface area contributed by atoms with Crippen LogP contribution in [0.2, 0.25) is 0 Å². The average Bonchev–Trinajstić information content (AvgIpc) is 2.96. The molecule has 0 spiro atoms. The van der Waals surface area contributed by atoms with Crippen molar-refractivity contribution in [1.82, 2.24) is 10.3 Å². The Bertz CT molecular complexity index is 1370. The number of nitrogens with one attached hydrogen (secondary N) is 1. The summed E-state index contributed by atoms with van der Waals surface area (Å²) in [5, 5.41) is 2.99. The topological polar surface area (TPSA) is 99.1 Å². The van der Waals surface area contributed by atoms with Crippen LogP contribution in [0.5, 0.6) is 11.5 Å². The molecule has 1 amide bonds. The molecule has 3 atom stereocenters. The lowest BCUT2D eigenvalue weighted by molar-refractivity contribution is -0.148. The summed E-state index contributed by atoms with van der Waals surface area (Å²) in [6.07, 6.45) is 6.42. The van der Waals surface area contributed by atoms with E-state index in [4.69, 9.17) is 19.2 Å². The fourth-order valence-electron chi connectivity index (χ4n) is 5.57. The maximum absolute atomic E-state index is 12.7. The fourth-order valence-corrected chi connectivity index (χ4v) is 5.57. The highest BCUT2D eigenvalue weighted by Crippen LogP contribution is 2.45. The van der Waals surface area contributed by atoms with Crippen LogP contribution >= 0.6 is 0 Å². The van der Waals surface area contributed by atoms with E-state index in [0.717, 1.165) is 47.2 Å². The average molecular weight is 528 g/mol. The van der Waals surface area contributed by atoms with Crippen LogP contribution in [0.15, 0.2) is 65.9 Å². The Balaban J connectivity index is 1.39. The number of carbonyl (C=O) groups is 2. The smallest absolute Gasteiger partial charge is 0.302 e. The SMILES string of the molecule is COc1cc2c(cc1OC)C1CC(OC(C)=O)CCC1N=C2c1ccc(C(=O)NCCc2ccncc2)cc1. The summed E-state index contributed by atoms with van der Waals surface area (Å²) in [6, 6.07) is 15.5. The van der Waals surface area contributed by atoms with Crippen molar-refractivity contribution >= 4 is 17.6 Å². The fraction of sp³-hybridized carbons (Fsp3) is 0.355. The Labute approximate surface area is 228 Å². The van der Waals surface area contributed by atoms with Crippen molar-refractivity contribution in [2.75, 3.05) is 20.8 Å². The maximum Gasteiger partial charge on any atom is 0.302 e. The molecule has 8 nitrogen and oxygen atoms in total. The number of pyridine rings is 1. The van der Waals surface area contributed by atoms with Crippen LogP contribution in [0.25, 0.3) is 0 Å². The van der Waals surface area contributed by atoms with Crippen molar-refractivity contribution in [3.8, 4) is 11.5 Å². The first-order valence-electron chi connectivity index (χ1n) is 13.3. The minimum atomic E-state index is -0.257. The zero-order valence-electron chi connectivity index (χ0n) is 22.5. The monoisotopic (exact) mass is 527 g/mol. The zero-order valence-corrected chi connectivity index (χ0v) is 22.5. The van der Waals surface area contributed by atoms with Crippen LogP contribution in [0.4, 0.5) is 0 Å². The van der Waals surface area contributed by atoms with E-state index in [0.29, 0.717) is 30.0 Å². The van der Waals surface area contributed by atoms with E-state index in [2.05, 4.69) is 10.3 Å². The minimum absolute atomic E-state index is 0.0635. The number of methoxy groups -OCH3 is 2. The number of nitrogens with zero attached hydrogens (tertiary/aromatic N) is 2. The second-order valence-corrected chi connectivity index (χ2v) is 9.93. The lowest BCUT2D eigenvalue weighted by Gasteiger charge is -2.38. The predicted molar refractivity (Wildman–Crippen MR) is 148 cm³/mol. The molecule has 1 saturated carbocycles. The Kier molecular flexibility index (Phi) is 7.91. The summed E-state index contributed by atoms with van der Waals surface area (Å²) in [7, 11) is 3.25. The van der Waals surface area contributed by atoms with Crippen molar-refractivity contribution in [2.45, 2.75) is 50.7 Å². The van der Waals surface area contributed by atoms with Gasteiger partial charge in [-0.05, 0) is 73.2 Å². The van der Waals surface area contributed by atoms with Crippen LogP contribution in [0.3, 0.4) is 0 Å². The molecular formula is C31H33N3O5. The molecule has 1 aliphatic heterocycles. The summed E-state index contributed by atoms with van der Waals surface area (Å²) in [5.41, 5.74) is 5.59. The first kappa shape index (κ1) is 26.4. The summed E-state index contributed by atoms with van der Waals surface area (Å²) >= 11 is 0. The third kappa shape index (κ3) is 5.79. The van der Waals surface area contributed by atoms with Gasteiger partial charge in [0.15, 0.2) is 11.5 Å².